The first kappa shape index (κ1) is 25.5. The second kappa shape index (κ2) is 10.8. The molecule has 2 aromatic heterocycles. The minimum atomic E-state index is -0.270. The minimum Gasteiger partial charge on any atom is -0.492 e. The summed E-state index contributed by atoms with van der Waals surface area (Å²) in [7, 11) is 2.16. The number of likely N-dealkylation sites (N-methyl/N-ethyl adjacent to an activating group) is 1. The Morgan fingerprint density at radius 1 is 1.10 bits per heavy atom. The number of ether oxygens (including phenoxy) is 1. The lowest BCUT2D eigenvalue weighted by Crippen LogP contribution is -2.45. The maximum absolute atomic E-state index is 13.4. The summed E-state index contributed by atoms with van der Waals surface area (Å²) in [6.07, 6.45) is 2.37. The second-order valence-electron chi connectivity index (χ2n) is 10.7. The number of aromatic nitrogens is 4. The molecule has 204 valence electrons. The SMILES string of the molecule is C[C@H](Nc1nc(N)c2c(-c3cc(C4CC4)[nH]n3)cc(OCCN3CCN(C)CC3)cc2n1)c1ccc(F)cc1. The van der Waals surface area contributed by atoms with Crippen molar-refractivity contribution in [3.8, 4) is 17.0 Å². The number of nitrogens with zero attached hydrogens (tertiary/aromatic N) is 5. The molecule has 10 heteroatoms. The average Bonchev–Trinajstić information content (AvgIpc) is 3.66. The molecule has 39 heavy (non-hydrogen) atoms. The predicted octanol–water partition coefficient (Wildman–Crippen LogP) is 4.42. The van der Waals surface area contributed by atoms with E-state index in [1.807, 2.05) is 19.1 Å². The van der Waals surface area contributed by atoms with Crippen LogP contribution in [0, 0.1) is 5.82 Å². The predicted molar refractivity (Wildman–Crippen MR) is 151 cm³/mol. The van der Waals surface area contributed by atoms with E-state index in [4.69, 9.17) is 15.5 Å². The third kappa shape index (κ3) is 5.81. The fraction of sp³-hybridized carbons (Fsp3) is 0.414. The summed E-state index contributed by atoms with van der Waals surface area (Å²) in [5.74, 6) is 1.77. The normalized spacial score (nSPS) is 17.4. The van der Waals surface area contributed by atoms with Crippen LogP contribution in [0.2, 0.25) is 0 Å². The van der Waals surface area contributed by atoms with Gasteiger partial charge in [0.05, 0.1) is 22.6 Å². The van der Waals surface area contributed by atoms with E-state index in [-0.39, 0.29) is 11.9 Å². The molecule has 3 heterocycles. The summed E-state index contributed by atoms with van der Waals surface area (Å²) >= 11 is 0. The van der Waals surface area contributed by atoms with Crippen molar-refractivity contribution in [1.29, 1.82) is 0 Å². The molecule has 0 amide bonds. The maximum atomic E-state index is 13.4. The number of rotatable bonds is 9. The quantitative estimate of drug-likeness (QED) is 0.292. The van der Waals surface area contributed by atoms with E-state index in [2.05, 4.69) is 43.4 Å². The van der Waals surface area contributed by atoms with E-state index in [0.717, 1.165) is 66.4 Å². The molecule has 2 fully saturated rings. The van der Waals surface area contributed by atoms with Gasteiger partial charge >= 0.3 is 0 Å². The zero-order chi connectivity index (χ0) is 26.9. The van der Waals surface area contributed by atoms with Crippen molar-refractivity contribution in [2.45, 2.75) is 31.7 Å². The van der Waals surface area contributed by atoms with Gasteiger partial charge in [0.15, 0.2) is 0 Å². The van der Waals surface area contributed by atoms with E-state index < -0.39 is 0 Å². The molecule has 0 bridgehead atoms. The highest BCUT2D eigenvalue weighted by Crippen LogP contribution is 2.41. The standard InChI is InChI=1S/C29H35FN8O/c1-18(19-5-7-21(30)8-6-19)32-29-33-26-16-22(39-14-13-38-11-9-37(2)10-12-38)15-23(27(26)28(31)34-29)25-17-24(35-36-25)20-3-4-20/h5-8,15-18,20H,3-4,9-14H2,1-2H3,(H,35,36)(H3,31,32,33,34)/t18-/m0/s1. The highest BCUT2D eigenvalue weighted by molar-refractivity contribution is 6.02. The number of H-pyrrole nitrogens is 1. The molecule has 1 saturated heterocycles. The van der Waals surface area contributed by atoms with Gasteiger partial charge in [0, 0.05) is 56.0 Å². The van der Waals surface area contributed by atoms with E-state index >= 15 is 0 Å². The van der Waals surface area contributed by atoms with E-state index in [0.29, 0.717) is 29.8 Å². The van der Waals surface area contributed by atoms with Gasteiger partial charge in [-0.1, -0.05) is 12.1 Å². The zero-order valence-corrected chi connectivity index (χ0v) is 22.5. The van der Waals surface area contributed by atoms with Crippen LogP contribution < -0.4 is 15.8 Å². The van der Waals surface area contributed by atoms with Gasteiger partial charge in [0.25, 0.3) is 0 Å². The third-order valence-electron chi connectivity index (χ3n) is 7.68. The summed E-state index contributed by atoms with van der Waals surface area (Å²) in [5.41, 5.74) is 10.9. The monoisotopic (exact) mass is 530 g/mol. The Bertz CT molecular complexity index is 1440. The van der Waals surface area contributed by atoms with Crippen molar-refractivity contribution in [3.63, 3.8) is 0 Å². The number of nitrogens with two attached hydrogens (primary N) is 1. The Hall–Kier alpha value is -3.76. The number of hydrogen-bond donors (Lipinski definition) is 3. The van der Waals surface area contributed by atoms with E-state index in [1.54, 1.807) is 12.1 Å². The van der Waals surface area contributed by atoms with Gasteiger partial charge in [-0.3, -0.25) is 10.00 Å². The van der Waals surface area contributed by atoms with Crippen LogP contribution in [0.5, 0.6) is 5.75 Å². The van der Waals surface area contributed by atoms with Crippen molar-refractivity contribution < 1.29 is 9.13 Å². The molecule has 2 aliphatic rings. The molecule has 1 aliphatic heterocycles. The lowest BCUT2D eigenvalue weighted by Gasteiger charge is -2.32. The third-order valence-corrected chi connectivity index (χ3v) is 7.68. The van der Waals surface area contributed by atoms with Crippen LogP contribution in [0.15, 0.2) is 42.5 Å². The van der Waals surface area contributed by atoms with Crippen molar-refractivity contribution in [3.05, 3.63) is 59.5 Å². The number of nitrogens with one attached hydrogen (secondary N) is 2. The van der Waals surface area contributed by atoms with Gasteiger partial charge in [-0.05, 0) is 56.6 Å². The van der Waals surface area contributed by atoms with Crippen molar-refractivity contribution >= 4 is 22.7 Å². The van der Waals surface area contributed by atoms with Crippen molar-refractivity contribution in [2.24, 2.45) is 0 Å². The molecular formula is C29H35FN8O. The maximum Gasteiger partial charge on any atom is 0.225 e. The molecule has 1 atom stereocenters. The highest BCUT2D eigenvalue weighted by Gasteiger charge is 2.26. The molecule has 1 saturated carbocycles. The number of anilines is 2. The fourth-order valence-electron chi connectivity index (χ4n) is 5.09. The van der Waals surface area contributed by atoms with Crippen molar-refractivity contribution in [1.82, 2.24) is 30.0 Å². The molecule has 1 aliphatic carbocycles. The highest BCUT2D eigenvalue weighted by atomic mass is 19.1. The van der Waals surface area contributed by atoms with Crippen LogP contribution in [-0.2, 0) is 0 Å². The molecule has 9 nitrogen and oxygen atoms in total. The van der Waals surface area contributed by atoms with Crippen LogP contribution >= 0.6 is 0 Å². The molecule has 4 aromatic rings. The second-order valence-corrected chi connectivity index (χ2v) is 10.7. The molecular weight excluding hydrogens is 495 g/mol. The number of hydrogen-bond acceptors (Lipinski definition) is 8. The molecule has 6 rings (SSSR count). The number of aromatic amines is 1. The summed E-state index contributed by atoms with van der Waals surface area (Å²) < 4.78 is 19.7. The van der Waals surface area contributed by atoms with Gasteiger partial charge in [-0.25, -0.2) is 9.37 Å². The largest absolute Gasteiger partial charge is 0.492 e. The van der Waals surface area contributed by atoms with Gasteiger partial charge < -0.3 is 20.7 Å². The van der Waals surface area contributed by atoms with Gasteiger partial charge in [-0.15, -0.1) is 0 Å². The lowest BCUT2D eigenvalue weighted by molar-refractivity contribution is 0.134. The Kier molecular flexibility index (Phi) is 7.05. The Morgan fingerprint density at radius 2 is 1.87 bits per heavy atom. The van der Waals surface area contributed by atoms with Crippen molar-refractivity contribution in [2.75, 3.05) is 57.4 Å². The molecule has 0 radical (unpaired) electrons. The Morgan fingerprint density at radius 3 is 2.62 bits per heavy atom. The minimum absolute atomic E-state index is 0.141. The summed E-state index contributed by atoms with van der Waals surface area (Å²) in [5, 5.41) is 11.9. The average molecular weight is 531 g/mol. The zero-order valence-electron chi connectivity index (χ0n) is 22.5. The van der Waals surface area contributed by atoms with Crippen LogP contribution in [0.3, 0.4) is 0 Å². The van der Waals surface area contributed by atoms with Gasteiger partial charge in [0.2, 0.25) is 5.95 Å². The number of halogens is 1. The fourth-order valence-corrected chi connectivity index (χ4v) is 5.09. The van der Waals surface area contributed by atoms with Crippen LogP contribution in [0.1, 0.15) is 43.0 Å². The van der Waals surface area contributed by atoms with Crippen LogP contribution in [0.25, 0.3) is 22.2 Å². The summed E-state index contributed by atoms with van der Waals surface area (Å²) in [6.45, 7) is 7.66. The molecule has 0 spiro atoms. The first-order valence-electron chi connectivity index (χ1n) is 13.7. The Labute approximate surface area is 227 Å². The molecule has 4 N–H and O–H groups in total. The van der Waals surface area contributed by atoms with Gasteiger partial charge in [-0.2, -0.15) is 10.1 Å². The van der Waals surface area contributed by atoms with Crippen LogP contribution in [-0.4, -0.2) is 76.3 Å². The van der Waals surface area contributed by atoms with E-state index in [1.165, 1.54) is 25.0 Å². The number of fused-ring (bicyclic) bond motifs is 1. The Balaban J connectivity index is 1.29. The number of benzene rings is 2. The smallest absolute Gasteiger partial charge is 0.225 e. The topological polar surface area (TPSA) is 108 Å². The molecule has 0 unspecified atom stereocenters. The summed E-state index contributed by atoms with van der Waals surface area (Å²) in [6, 6.07) is 12.3. The first-order valence-corrected chi connectivity index (χ1v) is 13.7. The molecule has 2 aromatic carbocycles. The summed E-state index contributed by atoms with van der Waals surface area (Å²) in [4.78, 5) is 14.2. The number of nitrogen functional groups attached to an aromatic ring is 1. The first-order chi connectivity index (χ1) is 18.9. The lowest BCUT2D eigenvalue weighted by atomic mass is 10.0. The van der Waals surface area contributed by atoms with Gasteiger partial charge in [0.1, 0.15) is 24.0 Å². The number of piperazine rings is 1. The van der Waals surface area contributed by atoms with Crippen LogP contribution in [0.4, 0.5) is 16.2 Å². The van der Waals surface area contributed by atoms with E-state index in [9.17, 15) is 4.39 Å².